The lowest BCUT2D eigenvalue weighted by molar-refractivity contribution is -0.308. The Morgan fingerprint density at radius 1 is 0.844 bits per heavy atom. The first-order chi connectivity index (χ1) is 15.5. The summed E-state index contributed by atoms with van der Waals surface area (Å²) in [5, 5.41) is 4.13. The Morgan fingerprint density at radius 2 is 1.41 bits per heavy atom. The zero-order chi connectivity index (χ0) is 22.9. The van der Waals surface area contributed by atoms with Gasteiger partial charge in [0, 0.05) is 20.8 Å². The molecule has 1 saturated heterocycles. The van der Waals surface area contributed by atoms with E-state index in [2.05, 4.69) is 48.5 Å². The molecule has 5 atom stereocenters. The van der Waals surface area contributed by atoms with E-state index in [1.807, 2.05) is 38.1 Å². The number of oxime groups is 1. The number of ether oxygens (including phenoxy) is 4. The first kappa shape index (κ1) is 24.1. The van der Waals surface area contributed by atoms with Crippen LogP contribution in [0.15, 0.2) is 53.7 Å². The Balaban J connectivity index is 1.60. The van der Waals surface area contributed by atoms with E-state index >= 15 is 0 Å². The van der Waals surface area contributed by atoms with Gasteiger partial charge < -0.3 is 23.8 Å². The predicted molar refractivity (Wildman–Crippen MR) is 127 cm³/mol. The molecule has 0 unspecified atom stereocenters. The minimum absolute atomic E-state index is 0.220. The molecule has 1 heterocycles. The highest BCUT2D eigenvalue weighted by atomic mass is 16.8. The van der Waals surface area contributed by atoms with Crippen LogP contribution in [0, 0.1) is 6.92 Å². The first-order valence-electron chi connectivity index (χ1n) is 10.9. The number of hydrogen-bond donors (Lipinski definition) is 0. The third-order valence-corrected chi connectivity index (χ3v) is 5.48. The van der Waals surface area contributed by atoms with E-state index in [1.54, 1.807) is 20.4 Å². The van der Waals surface area contributed by atoms with Crippen molar-refractivity contribution in [2.75, 3.05) is 20.8 Å². The molecule has 0 aliphatic carbocycles. The van der Waals surface area contributed by atoms with Crippen LogP contribution in [0.25, 0.3) is 12.2 Å². The Bertz CT molecular complexity index is 878. The lowest BCUT2D eigenvalue weighted by atomic mass is 9.99. The highest BCUT2D eigenvalue weighted by molar-refractivity contribution is 5.80. The summed E-state index contributed by atoms with van der Waals surface area (Å²) in [6.07, 6.45) is 3.92. The maximum Gasteiger partial charge on any atom is 0.256 e. The molecular formula is C26H33NO5. The van der Waals surface area contributed by atoms with Crippen LogP contribution in [0.4, 0.5) is 0 Å². The summed E-state index contributed by atoms with van der Waals surface area (Å²) in [4.78, 5) is 5.65. The van der Waals surface area contributed by atoms with Crippen molar-refractivity contribution >= 4 is 18.4 Å². The SMILES string of the molecule is CCO[C@@H]1[C@@H](OC)[C@H](C)O[C@@H](O/N=C/c2ccc(/C=C/c3ccc(C)cc3)cc2)[C@@H]1OC. The molecule has 32 heavy (non-hydrogen) atoms. The number of hydrogen-bond acceptors (Lipinski definition) is 6. The fourth-order valence-electron chi connectivity index (χ4n) is 3.73. The second-order valence-electron chi connectivity index (χ2n) is 7.78. The number of aryl methyl sites for hydroxylation is 1. The van der Waals surface area contributed by atoms with Crippen molar-refractivity contribution in [1.29, 1.82) is 0 Å². The van der Waals surface area contributed by atoms with Gasteiger partial charge >= 0.3 is 0 Å². The van der Waals surface area contributed by atoms with Crippen LogP contribution < -0.4 is 0 Å². The number of nitrogens with zero attached hydrogens (tertiary/aromatic N) is 1. The highest BCUT2D eigenvalue weighted by Gasteiger charge is 2.47. The van der Waals surface area contributed by atoms with E-state index in [4.69, 9.17) is 23.8 Å². The molecule has 2 aromatic carbocycles. The third-order valence-electron chi connectivity index (χ3n) is 5.48. The zero-order valence-corrected chi connectivity index (χ0v) is 19.4. The van der Waals surface area contributed by atoms with Gasteiger partial charge in [-0.3, -0.25) is 0 Å². The summed E-state index contributed by atoms with van der Waals surface area (Å²) >= 11 is 0. The fraction of sp³-hybridized carbons (Fsp3) is 0.423. The Labute approximate surface area is 190 Å². The topological polar surface area (TPSA) is 58.5 Å². The summed E-state index contributed by atoms with van der Waals surface area (Å²) < 4.78 is 23.0. The fourth-order valence-corrected chi connectivity index (χ4v) is 3.73. The van der Waals surface area contributed by atoms with E-state index in [1.165, 1.54) is 11.1 Å². The molecule has 0 spiro atoms. The quantitative estimate of drug-likeness (QED) is 0.322. The highest BCUT2D eigenvalue weighted by Crippen LogP contribution is 2.28. The smallest absolute Gasteiger partial charge is 0.256 e. The molecule has 1 aliphatic heterocycles. The second kappa shape index (κ2) is 11.9. The molecule has 3 rings (SSSR count). The van der Waals surface area contributed by atoms with Crippen LogP contribution in [0.1, 0.15) is 36.1 Å². The molecule has 6 heteroatoms. The lowest BCUT2D eigenvalue weighted by Gasteiger charge is -2.42. The summed E-state index contributed by atoms with van der Waals surface area (Å²) in [5.41, 5.74) is 4.46. The monoisotopic (exact) mass is 439 g/mol. The van der Waals surface area contributed by atoms with Crippen molar-refractivity contribution in [2.24, 2.45) is 5.16 Å². The van der Waals surface area contributed by atoms with Crippen molar-refractivity contribution in [1.82, 2.24) is 0 Å². The van der Waals surface area contributed by atoms with Gasteiger partial charge in [0.05, 0.1) is 12.3 Å². The molecule has 1 aliphatic rings. The Hall–Kier alpha value is -2.51. The van der Waals surface area contributed by atoms with E-state index in [0.717, 1.165) is 11.1 Å². The number of methoxy groups -OCH3 is 2. The van der Waals surface area contributed by atoms with Crippen molar-refractivity contribution < 1.29 is 23.8 Å². The molecule has 0 saturated carbocycles. The number of benzene rings is 2. The maximum atomic E-state index is 5.93. The Kier molecular flexibility index (Phi) is 9.00. The van der Waals surface area contributed by atoms with Gasteiger partial charge in [0.2, 0.25) is 0 Å². The van der Waals surface area contributed by atoms with Crippen LogP contribution >= 0.6 is 0 Å². The van der Waals surface area contributed by atoms with Gasteiger partial charge in [-0.05, 0) is 37.5 Å². The van der Waals surface area contributed by atoms with Crippen molar-refractivity contribution in [3.63, 3.8) is 0 Å². The van der Waals surface area contributed by atoms with Crippen molar-refractivity contribution in [3.8, 4) is 0 Å². The molecule has 6 nitrogen and oxygen atoms in total. The van der Waals surface area contributed by atoms with E-state index in [9.17, 15) is 0 Å². The molecule has 0 aromatic heterocycles. The van der Waals surface area contributed by atoms with Crippen molar-refractivity contribution in [3.05, 3.63) is 70.8 Å². The van der Waals surface area contributed by atoms with Gasteiger partial charge in [0.25, 0.3) is 6.29 Å². The summed E-state index contributed by atoms with van der Waals surface area (Å²) in [5.74, 6) is 0. The molecule has 0 amide bonds. The van der Waals surface area contributed by atoms with E-state index in [0.29, 0.717) is 6.61 Å². The molecule has 0 N–H and O–H groups in total. The zero-order valence-electron chi connectivity index (χ0n) is 19.4. The molecule has 2 aromatic rings. The maximum absolute atomic E-state index is 5.93. The van der Waals surface area contributed by atoms with Crippen LogP contribution in [-0.2, 0) is 23.8 Å². The van der Waals surface area contributed by atoms with Crippen LogP contribution in [0.3, 0.4) is 0 Å². The van der Waals surface area contributed by atoms with Crippen molar-refractivity contribution in [2.45, 2.75) is 51.5 Å². The van der Waals surface area contributed by atoms with Crippen LogP contribution in [-0.4, -0.2) is 57.7 Å². The summed E-state index contributed by atoms with van der Waals surface area (Å²) in [6.45, 7) is 6.49. The van der Waals surface area contributed by atoms with Crippen LogP contribution in [0.5, 0.6) is 0 Å². The summed E-state index contributed by atoms with van der Waals surface area (Å²) in [6, 6.07) is 16.5. The number of rotatable bonds is 9. The molecular weight excluding hydrogens is 406 g/mol. The van der Waals surface area contributed by atoms with Gasteiger partial charge in [0.15, 0.2) is 6.10 Å². The molecule has 0 bridgehead atoms. The van der Waals surface area contributed by atoms with Gasteiger partial charge in [-0.1, -0.05) is 71.4 Å². The first-order valence-corrected chi connectivity index (χ1v) is 10.9. The van der Waals surface area contributed by atoms with E-state index in [-0.39, 0.29) is 18.3 Å². The van der Waals surface area contributed by atoms with Gasteiger partial charge in [-0.2, -0.15) is 0 Å². The van der Waals surface area contributed by atoms with Gasteiger partial charge in [-0.25, -0.2) is 0 Å². The minimum atomic E-state index is -0.689. The van der Waals surface area contributed by atoms with Gasteiger partial charge in [-0.15, -0.1) is 0 Å². The normalized spacial score (nSPS) is 26.1. The lowest BCUT2D eigenvalue weighted by Crippen LogP contribution is -2.59. The summed E-state index contributed by atoms with van der Waals surface area (Å²) in [7, 11) is 3.24. The molecule has 0 radical (unpaired) electrons. The predicted octanol–water partition coefficient (Wildman–Crippen LogP) is 4.70. The largest absolute Gasteiger partial charge is 0.376 e. The molecule has 1 fully saturated rings. The standard InChI is InChI=1S/C26H33NO5/c1-6-30-24-23(28-4)19(3)31-26(25(24)29-5)32-27-17-22-15-13-21(14-16-22)12-11-20-9-7-18(2)8-10-20/h7-17,19,23-26H,6H2,1-5H3/b12-11+,27-17+/t19-,23-,24+,25+,26-/m0/s1. The average Bonchev–Trinajstić information content (AvgIpc) is 2.80. The van der Waals surface area contributed by atoms with Gasteiger partial charge in [0.1, 0.15) is 12.2 Å². The molecule has 172 valence electrons. The minimum Gasteiger partial charge on any atom is -0.376 e. The van der Waals surface area contributed by atoms with Crippen LogP contribution in [0.2, 0.25) is 0 Å². The van der Waals surface area contributed by atoms with E-state index < -0.39 is 12.4 Å². The third kappa shape index (κ3) is 6.26. The average molecular weight is 440 g/mol. The second-order valence-corrected chi connectivity index (χ2v) is 7.78. The Morgan fingerprint density at radius 3 is 1.97 bits per heavy atom.